The van der Waals surface area contributed by atoms with Gasteiger partial charge in [-0.2, -0.15) is 0 Å². The molecular weight excluding hydrogens is 300 g/mol. The number of aliphatic hydroxyl groups excluding tert-OH is 1. The summed E-state index contributed by atoms with van der Waals surface area (Å²) >= 11 is 6.34. The monoisotopic (exact) mass is 320 g/mol. The van der Waals surface area contributed by atoms with Crippen LogP contribution >= 0.6 is 11.6 Å². The number of aromatic nitrogens is 2. The van der Waals surface area contributed by atoms with Crippen molar-refractivity contribution in [2.45, 2.75) is 31.4 Å². The van der Waals surface area contributed by atoms with Gasteiger partial charge in [0.15, 0.2) is 0 Å². The highest BCUT2D eigenvalue weighted by Gasteiger charge is 2.36. The standard InChI is InChI=1S/C16H21ClN4O/c17-12-8-15(19-16-11(12)4-5-18-16)21-9-13(14(22)10-21)20-6-2-1-3-7-20/h4-5,8,13-14,22H,1-3,6-7,9-10H2,(H,18,19)/t13-,14-/m0/s1. The smallest absolute Gasteiger partial charge is 0.141 e. The molecule has 0 radical (unpaired) electrons. The van der Waals surface area contributed by atoms with Gasteiger partial charge < -0.3 is 15.0 Å². The van der Waals surface area contributed by atoms with E-state index in [1.807, 2.05) is 18.3 Å². The SMILES string of the molecule is O[C@H]1CN(c2cc(Cl)c3cc[nH]c3n2)C[C@@H]1N1CCCCC1. The van der Waals surface area contributed by atoms with Crippen molar-refractivity contribution >= 4 is 28.5 Å². The lowest BCUT2D eigenvalue weighted by atomic mass is 10.1. The van der Waals surface area contributed by atoms with Gasteiger partial charge in [0.1, 0.15) is 11.5 Å². The molecule has 22 heavy (non-hydrogen) atoms. The lowest BCUT2D eigenvalue weighted by Gasteiger charge is -2.33. The maximum Gasteiger partial charge on any atom is 0.141 e. The van der Waals surface area contributed by atoms with Gasteiger partial charge in [-0.1, -0.05) is 18.0 Å². The highest BCUT2D eigenvalue weighted by Crippen LogP contribution is 2.29. The second-order valence-corrected chi connectivity index (χ2v) is 6.75. The van der Waals surface area contributed by atoms with Crippen molar-refractivity contribution in [2.75, 3.05) is 31.1 Å². The van der Waals surface area contributed by atoms with Gasteiger partial charge in [0.05, 0.1) is 17.2 Å². The fourth-order valence-corrected chi connectivity index (χ4v) is 3.96. The summed E-state index contributed by atoms with van der Waals surface area (Å²) in [6.45, 7) is 3.63. The Bertz CT molecular complexity index is 667. The molecule has 2 atom stereocenters. The second kappa shape index (κ2) is 5.72. The summed E-state index contributed by atoms with van der Waals surface area (Å²) in [7, 11) is 0. The molecule has 2 N–H and O–H groups in total. The number of nitrogens with zero attached hydrogens (tertiary/aromatic N) is 3. The zero-order valence-electron chi connectivity index (χ0n) is 12.5. The van der Waals surface area contributed by atoms with Crippen molar-refractivity contribution in [3.63, 3.8) is 0 Å². The maximum atomic E-state index is 10.5. The number of halogens is 1. The predicted octanol–water partition coefficient (Wildman–Crippen LogP) is 2.25. The molecule has 0 spiro atoms. The highest BCUT2D eigenvalue weighted by molar-refractivity contribution is 6.35. The number of anilines is 1. The second-order valence-electron chi connectivity index (χ2n) is 6.34. The van der Waals surface area contributed by atoms with Crippen molar-refractivity contribution in [2.24, 2.45) is 0 Å². The predicted molar refractivity (Wildman–Crippen MR) is 88.5 cm³/mol. The van der Waals surface area contributed by atoms with Gasteiger partial charge in [-0.25, -0.2) is 4.98 Å². The highest BCUT2D eigenvalue weighted by atomic mass is 35.5. The zero-order valence-corrected chi connectivity index (χ0v) is 13.3. The molecule has 6 heteroatoms. The van der Waals surface area contributed by atoms with Crippen LogP contribution in [0.2, 0.25) is 5.02 Å². The fourth-order valence-electron chi connectivity index (χ4n) is 3.71. The fraction of sp³-hybridized carbons (Fsp3) is 0.562. The van der Waals surface area contributed by atoms with E-state index in [1.165, 1.54) is 19.3 Å². The summed E-state index contributed by atoms with van der Waals surface area (Å²) in [5, 5.41) is 12.1. The molecule has 5 nitrogen and oxygen atoms in total. The first-order valence-corrected chi connectivity index (χ1v) is 8.41. The van der Waals surface area contributed by atoms with Crippen LogP contribution in [0.1, 0.15) is 19.3 Å². The lowest BCUT2D eigenvalue weighted by Crippen LogP contribution is -2.45. The van der Waals surface area contributed by atoms with Crippen LogP contribution < -0.4 is 4.90 Å². The number of piperidine rings is 1. The largest absolute Gasteiger partial charge is 0.390 e. The Balaban J connectivity index is 1.57. The van der Waals surface area contributed by atoms with Gasteiger partial charge in [0, 0.05) is 30.7 Å². The Kier molecular flexibility index (Phi) is 3.72. The molecule has 2 aliphatic rings. The number of pyridine rings is 1. The number of fused-ring (bicyclic) bond motifs is 1. The van der Waals surface area contributed by atoms with Crippen molar-refractivity contribution in [3.05, 3.63) is 23.4 Å². The Morgan fingerprint density at radius 1 is 1.23 bits per heavy atom. The Morgan fingerprint density at radius 3 is 2.86 bits per heavy atom. The molecule has 0 saturated carbocycles. The van der Waals surface area contributed by atoms with E-state index in [1.54, 1.807) is 0 Å². The van der Waals surface area contributed by atoms with E-state index in [0.717, 1.165) is 36.5 Å². The summed E-state index contributed by atoms with van der Waals surface area (Å²) in [5.74, 6) is 0.846. The minimum atomic E-state index is -0.321. The van der Waals surface area contributed by atoms with E-state index in [9.17, 15) is 5.11 Å². The first-order chi connectivity index (χ1) is 10.7. The average molecular weight is 321 g/mol. The van der Waals surface area contributed by atoms with Crippen molar-refractivity contribution in [1.29, 1.82) is 0 Å². The molecule has 0 aliphatic carbocycles. The first kappa shape index (κ1) is 14.3. The average Bonchev–Trinajstić information content (AvgIpc) is 3.15. The molecule has 4 heterocycles. The maximum absolute atomic E-state index is 10.5. The number of rotatable bonds is 2. The van der Waals surface area contributed by atoms with E-state index in [0.29, 0.717) is 11.6 Å². The summed E-state index contributed by atoms with van der Waals surface area (Å²) in [6.07, 6.45) is 5.31. The molecule has 0 amide bonds. The number of nitrogens with one attached hydrogen (secondary N) is 1. The van der Waals surface area contributed by atoms with Crippen LogP contribution in [0, 0.1) is 0 Å². The van der Waals surface area contributed by atoms with Crippen molar-refractivity contribution in [1.82, 2.24) is 14.9 Å². The molecule has 0 bridgehead atoms. The van der Waals surface area contributed by atoms with Gasteiger partial charge in [-0.05, 0) is 32.0 Å². The summed E-state index contributed by atoms with van der Waals surface area (Å²) in [6, 6.07) is 4.05. The molecule has 0 aromatic carbocycles. The molecule has 2 fully saturated rings. The molecule has 2 aromatic rings. The van der Waals surface area contributed by atoms with E-state index in [4.69, 9.17) is 11.6 Å². The molecule has 4 rings (SSSR count). The number of aromatic amines is 1. The zero-order chi connectivity index (χ0) is 15.1. The number of β-amino-alcohol motifs (C(OH)–C–C–N with tert-alkyl or cyclic N) is 1. The van der Waals surface area contributed by atoms with E-state index in [-0.39, 0.29) is 12.1 Å². The molecule has 2 saturated heterocycles. The molecular formula is C16H21ClN4O. The third-order valence-corrected chi connectivity index (χ3v) is 5.22. The summed E-state index contributed by atoms with van der Waals surface area (Å²) in [5.41, 5.74) is 0.804. The topological polar surface area (TPSA) is 55.4 Å². The Hall–Kier alpha value is -1.30. The van der Waals surface area contributed by atoms with Crippen LogP contribution in [0.15, 0.2) is 18.3 Å². The number of hydrogen-bond donors (Lipinski definition) is 2. The van der Waals surface area contributed by atoms with Gasteiger partial charge in [0.2, 0.25) is 0 Å². The third kappa shape index (κ3) is 2.47. The summed E-state index contributed by atoms with van der Waals surface area (Å²) < 4.78 is 0. The first-order valence-electron chi connectivity index (χ1n) is 8.03. The molecule has 118 valence electrons. The van der Waals surface area contributed by atoms with E-state index < -0.39 is 0 Å². The number of hydrogen-bond acceptors (Lipinski definition) is 4. The van der Waals surface area contributed by atoms with Crippen LogP contribution in [-0.4, -0.2) is 58.3 Å². The van der Waals surface area contributed by atoms with Gasteiger partial charge in [-0.15, -0.1) is 0 Å². The minimum absolute atomic E-state index is 0.209. The van der Waals surface area contributed by atoms with E-state index >= 15 is 0 Å². The van der Waals surface area contributed by atoms with Gasteiger partial charge in [-0.3, -0.25) is 4.90 Å². The normalized spacial score (nSPS) is 26.9. The molecule has 0 unspecified atom stereocenters. The van der Waals surface area contributed by atoms with Crippen LogP contribution in [0.3, 0.4) is 0 Å². The van der Waals surface area contributed by atoms with E-state index in [2.05, 4.69) is 19.8 Å². The van der Waals surface area contributed by atoms with Gasteiger partial charge >= 0.3 is 0 Å². The number of H-pyrrole nitrogens is 1. The van der Waals surface area contributed by atoms with Crippen molar-refractivity contribution < 1.29 is 5.11 Å². The quantitative estimate of drug-likeness (QED) is 0.891. The summed E-state index contributed by atoms with van der Waals surface area (Å²) in [4.78, 5) is 12.3. The molecule has 2 aliphatic heterocycles. The lowest BCUT2D eigenvalue weighted by molar-refractivity contribution is 0.0706. The van der Waals surface area contributed by atoms with Crippen LogP contribution in [0.4, 0.5) is 5.82 Å². The van der Waals surface area contributed by atoms with Crippen LogP contribution in [0.25, 0.3) is 11.0 Å². The van der Waals surface area contributed by atoms with Crippen molar-refractivity contribution in [3.8, 4) is 0 Å². The Labute approximate surface area is 134 Å². The number of aliphatic hydroxyl groups is 1. The van der Waals surface area contributed by atoms with Crippen LogP contribution in [-0.2, 0) is 0 Å². The number of likely N-dealkylation sites (tertiary alicyclic amines) is 1. The third-order valence-electron chi connectivity index (χ3n) is 4.91. The molecule has 2 aromatic heterocycles. The minimum Gasteiger partial charge on any atom is -0.390 e. The van der Waals surface area contributed by atoms with Crippen LogP contribution in [0.5, 0.6) is 0 Å². The Morgan fingerprint density at radius 2 is 2.05 bits per heavy atom. The van der Waals surface area contributed by atoms with Gasteiger partial charge in [0.25, 0.3) is 0 Å².